The van der Waals surface area contributed by atoms with Gasteiger partial charge in [-0.15, -0.1) is 17.5 Å². The maximum absolute atomic E-state index is 4.22. The third-order valence-electron chi connectivity index (χ3n) is 1.76. The predicted octanol–water partition coefficient (Wildman–Crippen LogP) is 1.94. The highest BCUT2D eigenvalue weighted by Gasteiger charge is 2.01. The van der Waals surface area contributed by atoms with Crippen molar-refractivity contribution in [3.8, 4) is 11.4 Å². The Morgan fingerprint density at radius 1 is 1.21 bits per heavy atom. The lowest BCUT2D eigenvalue weighted by atomic mass is 10.2. The molecule has 0 spiro atoms. The fraction of sp³-hybridized carbons (Fsp3) is 0.111. The van der Waals surface area contributed by atoms with Crippen LogP contribution in [0.3, 0.4) is 0 Å². The van der Waals surface area contributed by atoms with Gasteiger partial charge in [-0.05, 0) is 0 Å². The number of halogens is 1. The summed E-state index contributed by atoms with van der Waals surface area (Å²) in [4.78, 5) is 4.22. The molecule has 5 heteroatoms. The van der Waals surface area contributed by atoms with Gasteiger partial charge in [-0.3, -0.25) is 5.10 Å². The molecule has 0 unspecified atom stereocenters. The predicted molar refractivity (Wildman–Crippen MR) is 58.6 cm³/mol. The Hall–Kier alpha value is -1.55. The summed E-state index contributed by atoms with van der Waals surface area (Å²) in [5, 5.41) is 9.68. The Morgan fingerprint density at radius 2 is 1.93 bits per heavy atom. The van der Waals surface area contributed by atoms with Crippen molar-refractivity contribution in [1.82, 2.24) is 15.2 Å². The third-order valence-corrected chi connectivity index (χ3v) is 1.76. The van der Waals surface area contributed by atoms with Crippen molar-refractivity contribution >= 4 is 18.4 Å². The van der Waals surface area contributed by atoms with Crippen LogP contribution in [0.25, 0.3) is 11.4 Å². The molecule has 0 saturated carbocycles. The number of aromatic amines is 1. The molecular weight excluding hydrogens is 200 g/mol. The van der Waals surface area contributed by atoms with Crippen molar-refractivity contribution < 1.29 is 0 Å². The molecule has 4 nitrogen and oxygen atoms in total. The van der Waals surface area contributed by atoms with E-state index in [0.29, 0.717) is 5.95 Å². The average molecular weight is 211 g/mol. The van der Waals surface area contributed by atoms with Crippen LogP contribution in [0.15, 0.2) is 30.3 Å². The van der Waals surface area contributed by atoms with Crippen LogP contribution in [0.1, 0.15) is 0 Å². The molecule has 2 N–H and O–H groups in total. The first-order valence-electron chi connectivity index (χ1n) is 4.06. The number of hydrogen-bond acceptors (Lipinski definition) is 3. The van der Waals surface area contributed by atoms with Crippen LogP contribution < -0.4 is 5.32 Å². The van der Waals surface area contributed by atoms with Gasteiger partial charge in [0.15, 0.2) is 5.82 Å². The first kappa shape index (κ1) is 10.5. The van der Waals surface area contributed by atoms with Gasteiger partial charge in [0.05, 0.1) is 0 Å². The molecule has 0 atom stereocenters. The van der Waals surface area contributed by atoms with Crippen molar-refractivity contribution in [1.29, 1.82) is 0 Å². The third kappa shape index (κ3) is 2.03. The van der Waals surface area contributed by atoms with Gasteiger partial charge >= 0.3 is 0 Å². The summed E-state index contributed by atoms with van der Waals surface area (Å²) in [7, 11) is 1.79. The monoisotopic (exact) mass is 210 g/mol. The summed E-state index contributed by atoms with van der Waals surface area (Å²) in [6.45, 7) is 0. The molecule has 0 aliphatic heterocycles. The number of nitrogens with zero attached hydrogens (tertiary/aromatic N) is 2. The van der Waals surface area contributed by atoms with E-state index in [1.165, 1.54) is 0 Å². The topological polar surface area (TPSA) is 53.6 Å². The minimum atomic E-state index is 0. The molecule has 1 aromatic heterocycles. The lowest BCUT2D eigenvalue weighted by molar-refractivity contribution is 1.09. The summed E-state index contributed by atoms with van der Waals surface area (Å²) < 4.78 is 0. The summed E-state index contributed by atoms with van der Waals surface area (Å²) in [6.07, 6.45) is 0. The lowest BCUT2D eigenvalue weighted by Gasteiger charge is -1.92. The van der Waals surface area contributed by atoms with E-state index in [1.54, 1.807) is 7.05 Å². The second-order valence-electron chi connectivity index (χ2n) is 2.62. The molecule has 0 aliphatic carbocycles. The minimum Gasteiger partial charge on any atom is -0.356 e. The number of H-pyrrole nitrogens is 1. The van der Waals surface area contributed by atoms with Crippen LogP contribution in [0.5, 0.6) is 0 Å². The Morgan fingerprint density at radius 3 is 2.50 bits per heavy atom. The zero-order chi connectivity index (χ0) is 9.10. The van der Waals surface area contributed by atoms with E-state index in [0.717, 1.165) is 11.4 Å². The largest absolute Gasteiger partial charge is 0.356 e. The lowest BCUT2D eigenvalue weighted by Crippen LogP contribution is -1.88. The quantitative estimate of drug-likeness (QED) is 0.797. The molecule has 1 aromatic carbocycles. The number of rotatable bonds is 2. The van der Waals surface area contributed by atoms with Crippen molar-refractivity contribution in [2.45, 2.75) is 0 Å². The van der Waals surface area contributed by atoms with E-state index in [9.17, 15) is 0 Å². The van der Waals surface area contributed by atoms with Gasteiger partial charge < -0.3 is 5.32 Å². The van der Waals surface area contributed by atoms with E-state index in [1.807, 2.05) is 30.3 Å². The zero-order valence-electron chi connectivity index (χ0n) is 7.69. The number of anilines is 1. The Bertz CT molecular complexity index is 385. The summed E-state index contributed by atoms with van der Waals surface area (Å²) >= 11 is 0. The first-order valence-corrected chi connectivity index (χ1v) is 4.06. The fourth-order valence-corrected chi connectivity index (χ4v) is 1.10. The number of benzene rings is 1. The second kappa shape index (κ2) is 4.62. The average Bonchev–Trinajstić information content (AvgIpc) is 2.67. The molecule has 2 aromatic rings. The maximum atomic E-state index is 4.22. The first-order chi connectivity index (χ1) is 6.40. The summed E-state index contributed by atoms with van der Waals surface area (Å²) in [6, 6.07) is 9.88. The minimum absolute atomic E-state index is 0. The Labute approximate surface area is 88.2 Å². The fourth-order valence-electron chi connectivity index (χ4n) is 1.10. The molecule has 0 amide bonds. The van der Waals surface area contributed by atoms with Gasteiger partial charge in [-0.1, -0.05) is 30.3 Å². The normalized spacial score (nSPS) is 9.21. The molecule has 14 heavy (non-hydrogen) atoms. The number of aromatic nitrogens is 3. The van der Waals surface area contributed by atoms with Crippen LogP contribution in [-0.2, 0) is 0 Å². The van der Waals surface area contributed by atoms with Gasteiger partial charge in [-0.25, -0.2) is 0 Å². The van der Waals surface area contributed by atoms with Crippen molar-refractivity contribution in [3.05, 3.63) is 30.3 Å². The highest BCUT2D eigenvalue weighted by Crippen LogP contribution is 2.14. The molecular formula is C9H11ClN4. The van der Waals surface area contributed by atoms with Crippen LogP contribution >= 0.6 is 12.4 Å². The van der Waals surface area contributed by atoms with Gasteiger partial charge in [0, 0.05) is 12.6 Å². The van der Waals surface area contributed by atoms with Gasteiger partial charge in [0.2, 0.25) is 5.95 Å². The van der Waals surface area contributed by atoms with E-state index >= 15 is 0 Å². The zero-order valence-corrected chi connectivity index (χ0v) is 8.51. The SMILES string of the molecule is CNc1n[nH]c(-c2ccccc2)n1.Cl. The Kier molecular flexibility index (Phi) is 3.48. The van der Waals surface area contributed by atoms with E-state index in [2.05, 4.69) is 20.5 Å². The maximum Gasteiger partial charge on any atom is 0.242 e. The molecule has 0 bridgehead atoms. The highest BCUT2D eigenvalue weighted by atomic mass is 35.5. The van der Waals surface area contributed by atoms with Gasteiger partial charge in [0.25, 0.3) is 0 Å². The van der Waals surface area contributed by atoms with Crippen LogP contribution in [0.2, 0.25) is 0 Å². The Balaban J connectivity index is 0.000000980. The van der Waals surface area contributed by atoms with Gasteiger partial charge in [-0.2, -0.15) is 4.98 Å². The van der Waals surface area contributed by atoms with Crippen molar-refractivity contribution in [3.63, 3.8) is 0 Å². The van der Waals surface area contributed by atoms with Crippen molar-refractivity contribution in [2.75, 3.05) is 12.4 Å². The van der Waals surface area contributed by atoms with Crippen LogP contribution in [0, 0.1) is 0 Å². The number of nitrogens with one attached hydrogen (secondary N) is 2. The van der Waals surface area contributed by atoms with E-state index in [-0.39, 0.29) is 12.4 Å². The molecule has 74 valence electrons. The van der Waals surface area contributed by atoms with Crippen molar-refractivity contribution in [2.24, 2.45) is 0 Å². The van der Waals surface area contributed by atoms with Crippen LogP contribution in [0.4, 0.5) is 5.95 Å². The standard InChI is InChI=1S/C9H10N4.ClH/c1-10-9-11-8(12-13-9)7-5-3-2-4-6-7;/h2-6H,1H3,(H2,10,11,12,13);1H. The van der Waals surface area contributed by atoms with Crippen LogP contribution in [-0.4, -0.2) is 22.2 Å². The summed E-state index contributed by atoms with van der Waals surface area (Å²) in [5.41, 5.74) is 1.04. The van der Waals surface area contributed by atoms with E-state index in [4.69, 9.17) is 0 Å². The smallest absolute Gasteiger partial charge is 0.242 e. The summed E-state index contributed by atoms with van der Waals surface area (Å²) in [5.74, 6) is 1.39. The molecule has 2 rings (SSSR count). The molecule has 1 heterocycles. The van der Waals surface area contributed by atoms with Gasteiger partial charge in [0.1, 0.15) is 0 Å². The number of hydrogen-bond donors (Lipinski definition) is 2. The second-order valence-corrected chi connectivity index (χ2v) is 2.62. The molecule has 0 radical (unpaired) electrons. The van der Waals surface area contributed by atoms with E-state index < -0.39 is 0 Å². The highest BCUT2D eigenvalue weighted by molar-refractivity contribution is 5.85. The molecule has 0 aliphatic rings. The molecule has 0 saturated heterocycles. The molecule has 0 fully saturated rings.